The van der Waals surface area contributed by atoms with Gasteiger partial charge in [-0.25, -0.2) is 0 Å². The van der Waals surface area contributed by atoms with Gasteiger partial charge in [-0.05, 0) is 64.2 Å². The van der Waals surface area contributed by atoms with E-state index < -0.39 is 11.0 Å². The van der Waals surface area contributed by atoms with Gasteiger partial charge in [0, 0.05) is 0 Å². The summed E-state index contributed by atoms with van der Waals surface area (Å²) in [5.74, 6) is 1.53. The predicted molar refractivity (Wildman–Crippen MR) is 77.8 cm³/mol. The highest BCUT2D eigenvalue weighted by atomic mass is 16.5. The maximum atomic E-state index is 12.8. The fourth-order valence-corrected chi connectivity index (χ4v) is 5.45. The topological polar surface area (TPSA) is 72.6 Å². The molecular weight excluding hydrogens is 282 g/mol. The van der Waals surface area contributed by atoms with Crippen molar-refractivity contribution in [1.29, 1.82) is 0 Å². The van der Waals surface area contributed by atoms with Crippen molar-refractivity contribution in [2.24, 2.45) is 17.3 Å². The van der Waals surface area contributed by atoms with Crippen LogP contribution in [0, 0.1) is 31.1 Å². The van der Waals surface area contributed by atoms with Gasteiger partial charge in [0.2, 0.25) is 0 Å². The second kappa shape index (κ2) is 4.57. The summed E-state index contributed by atoms with van der Waals surface area (Å²) in [4.78, 5) is 12.8. The molecule has 0 aliphatic heterocycles. The summed E-state index contributed by atoms with van der Waals surface area (Å²) in [6, 6.07) is 0. The summed E-state index contributed by atoms with van der Waals surface area (Å²) in [6.45, 7) is 3.90. The number of aryl methyl sites for hydroxylation is 2. The van der Waals surface area contributed by atoms with Crippen LogP contribution in [0.15, 0.2) is 4.52 Å². The van der Waals surface area contributed by atoms with Crippen LogP contribution < -0.4 is 0 Å². The van der Waals surface area contributed by atoms with Crippen molar-refractivity contribution in [2.75, 3.05) is 0 Å². The molecule has 1 aromatic rings. The lowest BCUT2D eigenvalue weighted by Crippen LogP contribution is -2.58. The third-order valence-corrected chi connectivity index (χ3v) is 5.99. The normalized spacial score (nSPS) is 39.2. The Labute approximate surface area is 130 Å². The average Bonchev–Trinajstić information content (AvgIpc) is 2.72. The molecule has 1 heterocycles. The van der Waals surface area contributed by atoms with E-state index in [9.17, 15) is 9.90 Å². The molecule has 0 saturated heterocycles. The van der Waals surface area contributed by atoms with Crippen LogP contribution in [-0.2, 0) is 16.1 Å². The first kappa shape index (κ1) is 14.2. The fourth-order valence-electron chi connectivity index (χ4n) is 5.45. The van der Waals surface area contributed by atoms with Crippen molar-refractivity contribution in [1.82, 2.24) is 5.16 Å². The van der Waals surface area contributed by atoms with Gasteiger partial charge in [0.1, 0.15) is 12.4 Å². The van der Waals surface area contributed by atoms with E-state index >= 15 is 0 Å². The van der Waals surface area contributed by atoms with Gasteiger partial charge in [0.15, 0.2) is 0 Å². The minimum absolute atomic E-state index is 0.139. The number of rotatable bonds is 3. The first-order valence-electron chi connectivity index (χ1n) is 8.21. The van der Waals surface area contributed by atoms with Crippen LogP contribution in [0.1, 0.15) is 55.5 Å². The molecule has 0 aromatic carbocycles. The summed E-state index contributed by atoms with van der Waals surface area (Å²) in [6.07, 6.45) is 5.23. The maximum Gasteiger partial charge on any atom is 0.312 e. The van der Waals surface area contributed by atoms with Gasteiger partial charge in [-0.1, -0.05) is 5.16 Å². The lowest BCUT2D eigenvalue weighted by molar-refractivity contribution is -0.197. The SMILES string of the molecule is Cc1noc(C)c1COC(=O)C12CC3CC(CC(O)(C3)C1)C2. The van der Waals surface area contributed by atoms with Crippen molar-refractivity contribution >= 4 is 5.97 Å². The minimum atomic E-state index is -0.633. The number of carbonyl (C=O) groups is 1. The largest absolute Gasteiger partial charge is 0.460 e. The van der Waals surface area contributed by atoms with E-state index in [1.165, 1.54) is 6.42 Å². The third-order valence-electron chi connectivity index (χ3n) is 5.99. The molecule has 5 heteroatoms. The number of hydrogen-bond donors (Lipinski definition) is 1. The Morgan fingerprint density at radius 3 is 2.55 bits per heavy atom. The number of carbonyl (C=O) groups excluding carboxylic acids is 1. The smallest absolute Gasteiger partial charge is 0.312 e. The molecule has 0 spiro atoms. The first-order valence-corrected chi connectivity index (χ1v) is 8.21. The molecule has 4 bridgehead atoms. The number of hydrogen-bond acceptors (Lipinski definition) is 5. The molecule has 5 nitrogen and oxygen atoms in total. The van der Waals surface area contributed by atoms with E-state index in [2.05, 4.69) is 5.16 Å². The molecule has 1 N–H and O–H groups in total. The molecule has 4 aliphatic carbocycles. The van der Waals surface area contributed by atoms with Crippen molar-refractivity contribution in [3.63, 3.8) is 0 Å². The molecule has 120 valence electrons. The predicted octanol–water partition coefficient (Wildman–Crippen LogP) is 2.67. The summed E-state index contributed by atoms with van der Waals surface area (Å²) in [7, 11) is 0. The quantitative estimate of drug-likeness (QED) is 0.869. The molecular formula is C17H23NO4. The molecule has 2 atom stereocenters. The molecule has 4 saturated carbocycles. The molecule has 5 rings (SSSR count). The number of nitrogens with zero attached hydrogens (tertiary/aromatic N) is 1. The van der Waals surface area contributed by atoms with Gasteiger partial charge < -0.3 is 14.4 Å². The molecule has 0 radical (unpaired) electrons. The van der Waals surface area contributed by atoms with Gasteiger partial charge >= 0.3 is 5.97 Å². The number of esters is 1. The summed E-state index contributed by atoms with van der Waals surface area (Å²) in [5.41, 5.74) is 0.537. The number of aromatic nitrogens is 1. The van der Waals surface area contributed by atoms with Crippen LogP contribution in [-0.4, -0.2) is 21.8 Å². The Balaban J connectivity index is 1.51. The van der Waals surface area contributed by atoms with Crippen LogP contribution in [0.5, 0.6) is 0 Å². The lowest BCUT2D eigenvalue weighted by Gasteiger charge is -2.58. The zero-order chi connectivity index (χ0) is 15.5. The Morgan fingerprint density at radius 2 is 2.00 bits per heavy atom. The van der Waals surface area contributed by atoms with E-state index in [1.54, 1.807) is 0 Å². The van der Waals surface area contributed by atoms with Gasteiger partial charge in [0.05, 0.1) is 22.3 Å². The number of ether oxygens (including phenoxy) is 1. The Bertz CT molecular complexity index is 587. The van der Waals surface area contributed by atoms with Crippen LogP contribution in [0.25, 0.3) is 0 Å². The fraction of sp³-hybridized carbons (Fsp3) is 0.765. The van der Waals surface area contributed by atoms with E-state index in [1.807, 2.05) is 13.8 Å². The van der Waals surface area contributed by atoms with Crippen molar-refractivity contribution < 1.29 is 19.2 Å². The average molecular weight is 305 g/mol. The van der Waals surface area contributed by atoms with Crippen LogP contribution >= 0.6 is 0 Å². The van der Waals surface area contributed by atoms with Gasteiger partial charge in [-0.3, -0.25) is 4.79 Å². The highest BCUT2D eigenvalue weighted by Gasteiger charge is 2.60. The van der Waals surface area contributed by atoms with Crippen molar-refractivity contribution in [3.8, 4) is 0 Å². The van der Waals surface area contributed by atoms with Gasteiger partial charge in [0.25, 0.3) is 0 Å². The number of aliphatic hydroxyl groups is 1. The molecule has 4 fully saturated rings. The van der Waals surface area contributed by atoms with E-state index in [0.29, 0.717) is 24.0 Å². The van der Waals surface area contributed by atoms with E-state index in [0.717, 1.165) is 36.9 Å². The van der Waals surface area contributed by atoms with Crippen LogP contribution in [0.2, 0.25) is 0 Å². The summed E-state index contributed by atoms with van der Waals surface area (Å²) in [5, 5.41) is 14.6. The van der Waals surface area contributed by atoms with Crippen LogP contribution in [0.3, 0.4) is 0 Å². The van der Waals surface area contributed by atoms with Crippen LogP contribution in [0.4, 0.5) is 0 Å². The van der Waals surface area contributed by atoms with Gasteiger partial charge in [-0.15, -0.1) is 0 Å². The molecule has 4 aliphatic rings. The molecule has 2 unspecified atom stereocenters. The zero-order valence-corrected chi connectivity index (χ0v) is 13.2. The standard InChI is InChI=1S/C17H23NO4/c1-10-14(11(2)22-18-10)8-21-15(19)16-4-12-3-13(5-16)7-17(20,6-12)9-16/h12-13,20H,3-9H2,1-2H3. The van der Waals surface area contributed by atoms with E-state index in [-0.39, 0.29) is 12.6 Å². The first-order chi connectivity index (χ1) is 10.4. The Morgan fingerprint density at radius 1 is 1.32 bits per heavy atom. The van der Waals surface area contributed by atoms with E-state index in [4.69, 9.17) is 9.26 Å². The zero-order valence-electron chi connectivity index (χ0n) is 13.2. The Hall–Kier alpha value is -1.36. The second-order valence-corrected chi connectivity index (χ2v) is 7.84. The van der Waals surface area contributed by atoms with Gasteiger partial charge in [-0.2, -0.15) is 0 Å². The summed E-state index contributed by atoms with van der Waals surface area (Å²) < 4.78 is 10.7. The molecule has 0 amide bonds. The minimum Gasteiger partial charge on any atom is -0.460 e. The van der Waals surface area contributed by atoms with Crippen molar-refractivity contribution in [3.05, 3.63) is 17.0 Å². The third kappa shape index (κ3) is 2.09. The maximum absolute atomic E-state index is 12.8. The highest BCUT2D eigenvalue weighted by Crippen LogP contribution is 2.62. The lowest BCUT2D eigenvalue weighted by atomic mass is 9.48. The van der Waals surface area contributed by atoms with Crippen molar-refractivity contribution in [2.45, 2.75) is 64.6 Å². The molecule has 1 aromatic heterocycles. The molecule has 22 heavy (non-hydrogen) atoms. The summed E-state index contributed by atoms with van der Waals surface area (Å²) >= 11 is 0. The Kier molecular flexibility index (Phi) is 2.96. The highest BCUT2D eigenvalue weighted by molar-refractivity contribution is 5.77. The monoisotopic (exact) mass is 305 g/mol. The second-order valence-electron chi connectivity index (χ2n) is 7.84.